The van der Waals surface area contributed by atoms with Crippen LogP contribution in [0, 0.1) is 17.8 Å². The van der Waals surface area contributed by atoms with Crippen molar-refractivity contribution in [2.75, 3.05) is 7.11 Å². The molecule has 2 aromatic rings. The molecule has 5 rings (SSSR count). The van der Waals surface area contributed by atoms with Crippen molar-refractivity contribution in [2.45, 2.75) is 31.4 Å². The highest BCUT2D eigenvalue weighted by Crippen LogP contribution is 2.65. The molecule has 0 bridgehead atoms. The van der Waals surface area contributed by atoms with Crippen molar-refractivity contribution in [1.82, 2.24) is 5.32 Å². The fourth-order valence-electron chi connectivity index (χ4n) is 5.17. The lowest BCUT2D eigenvalue weighted by Gasteiger charge is -2.37. The van der Waals surface area contributed by atoms with E-state index in [1.807, 2.05) is 48.5 Å². The smallest absolute Gasteiger partial charge is 0.224 e. The van der Waals surface area contributed by atoms with Crippen molar-refractivity contribution < 1.29 is 19.1 Å². The van der Waals surface area contributed by atoms with Crippen LogP contribution in [-0.2, 0) is 11.3 Å². The van der Waals surface area contributed by atoms with Crippen molar-refractivity contribution in [1.29, 1.82) is 0 Å². The molecule has 0 unspecified atom stereocenters. The summed E-state index contributed by atoms with van der Waals surface area (Å²) in [5.74, 6) is 2.09. The van der Waals surface area contributed by atoms with Crippen LogP contribution in [0.2, 0.25) is 0 Å². The minimum Gasteiger partial charge on any atom is -0.497 e. The third kappa shape index (κ3) is 2.68. The Hall–Kier alpha value is -2.82. The fraction of sp³-hybridized carbons (Fsp3) is 0.391. The van der Waals surface area contributed by atoms with Crippen molar-refractivity contribution in [3.8, 4) is 11.5 Å². The van der Waals surface area contributed by atoms with Gasteiger partial charge in [0, 0.05) is 18.4 Å². The van der Waals surface area contributed by atoms with E-state index >= 15 is 0 Å². The minimum atomic E-state index is -0.502. The van der Waals surface area contributed by atoms with Gasteiger partial charge < -0.3 is 14.8 Å². The second kappa shape index (κ2) is 6.36. The molecule has 5 nitrogen and oxygen atoms in total. The maximum atomic E-state index is 12.8. The number of amides is 1. The van der Waals surface area contributed by atoms with E-state index in [-0.39, 0.29) is 23.5 Å². The molecule has 2 fully saturated rings. The van der Waals surface area contributed by atoms with Gasteiger partial charge in [-0.3, -0.25) is 9.59 Å². The van der Waals surface area contributed by atoms with Gasteiger partial charge in [-0.05, 0) is 48.6 Å². The average Bonchev–Trinajstić information content (AvgIpc) is 3.37. The molecule has 2 aromatic carbocycles. The first-order valence-electron chi connectivity index (χ1n) is 9.83. The maximum absolute atomic E-state index is 12.8. The van der Waals surface area contributed by atoms with Crippen molar-refractivity contribution >= 4 is 11.7 Å². The lowest BCUT2D eigenvalue weighted by molar-refractivity contribution is -0.124. The Morgan fingerprint density at radius 1 is 1.21 bits per heavy atom. The molecule has 3 aliphatic rings. The normalized spacial score (nSPS) is 29.6. The zero-order chi connectivity index (χ0) is 19.3. The maximum Gasteiger partial charge on any atom is 0.224 e. The largest absolute Gasteiger partial charge is 0.497 e. The Morgan fingerprint density at radius 3 is 2.79 bits per heavy atom. The molecule has 144 valence electrons. The van der Waals surface area contributed by atoms with Crippen LogP contribution in [-0.4, -0.2) is 24.4 Å². The average molecular weight is 377 g/mol. The van der Waals surface area contributed by atoms with Crippen molar-refractivity contribution in [3.63, 3.8) is 0 Å². The molecular weight excluding hydrogens is 354 g/mol. The second-order valence-corrected chi connectivity index (χ2v) is 8.08. The Bertz CT molecular complexity index is 938. The van der Waals surface area contributed by atoms with E-state index in [1.165, 1.54) is 0 Å². The minimum absolute atomic E-state index is 0.0509. The van der Waals surface area contributed by atoms with Gasteiger partial charge in [-0.2, -0.15) is 0 Å². The molecule has 2 saturated carbocycles. The van der Waals surface area contributed by atoms with Gasteiger partial charge in [-0.25, -0.2) is 0 Å². The highest BCUT2D eigenvalue weighted by molar-refractivity contribution is 6.00. The quantitative estimate of drug-likeness (QED) is 0.887. The van der Waals surface area contributed by atoms with Crippen LogP contribution in [0.15, 0.2) is 48.5 Å². The second-order valence-electron chi connectivity index (χ2n) is 8.08. The van der Waals surface area contributed by atoms with Crippen LogP contribution in [0.1, 0.15) is 35.2 Å². The number of benzene rings is 2. The highest BCUT2D eigenvalue weighted by Gasteiger charge is 2.70. The van der Waals surface area contributed by atoms with Gasteiger partial charge in [0.2, 0.25) is 5.91 Å². The fourth-order valence-corrected chi connectivity index (χ4v) is 5.17. The molecule has 1 spiro atoms. The van der Waals surface area contributed by atoms with E-state index in [4.69, 9.17) is 9.47 Å². The Labute approximate surface area is 164 Å². The third-order valence-electron chi connectivity index (χ3n) is 6.57. The number of methoxy groups -OCH3 is 1. The lowest BCUT2D eigenvalue weighted by atomic mass is 9.84. The lowest BCUT2D eigenvalue weighted by Crippen LogP contribution is -2.44. The number of fused-ring (bicyclic) bond motifs is 3. The van der Waals surface area contributed by atoms with Gasteiger partial charge >= 0.3 is 0 Å². The van der Waals surface area contributed by atoms with Crippen LogP contribution < -0.4 is 14.8 Å². The molecule has 0 radical (unpaired) electrons. The number of hydrogen-bond acceptors (Lipinski definition) is 4. The van der Waals surface area contributed by atoms with E-state index in [9.17, 15) is 9.59 Å². The van der Waals surface area contributed by atoms with Crippen LogP contribution in [0.25, 0.3) is 0 Å². The number of ether oxygens (including phenoxy) is 2. The first-order chi connectivity index (χ1) is 13.6. The van der Waals surface area contributed by atoms with Crippen LogP contribution in [0.5, 0.6) is 11.5 Å². The number of Topliss-reactive ketones (excluding diaryl/α,β-unsaturated/α-hetero) is 1. The van der Waals surface area contributed by atoms with E-state index in [1.54, 1.807) is 7.11 Å². The van der Waals surface area contributed by atoms with Crippen LogP contribution >= 0.6 is 0 Å². The summed E-state index contributed by atoms with van der Waals surface area (Å²) in [6, 6.07) is 15.1. The SMILES string of the molecule is COc1ccc(CNC(=O)[C@H]2[C@@H]3CC[C@@]4(CC(=O)c5ccccc5O4)[C@@H]32)cc1. The van der Waals surface area contributed by atoms with Crippen molar-refractivity contribution in [2.24, 2.45) is 17.8 Å². The summed E-state index contributed by atoms with van der Waals surface area (Å²) in [6.07, 6.45) is 2.18. The van der Waals surface area contributed by atoms with Gasteiger partial charge in [-0.15, -0.1) is 0 Å². The number of nitrogens with one attached hydrogen (secondary N) is 1. The number of carbonyl (C=O) groups is 2. The van der Waals surface area contributed by atoms with Gasteiger partial charge in [0.25, 0.3) is 0 Å². The number of hydrogen-bond donors (Lipinski definition) is 1. The van der Waals surface area contributed by atoms with E-state index in [0.29, 0.717) is 30.2 Å². The number of carbonyl (C=O) groups excluding carboxylic acids is 2. The van der Waals surface area contributed by atoms with E-state index in [2.05, 4.69) is 5.32 Å². The molecule has 0 saturated heterocycles. The summed E-state index contributed by atoms with van der Waals surface area (Å²) in [4.78, 5) is 25.5. The van der Waals surface area contributed by atoms with Crippen LogP contribution in [0.4, 0.5) is 0 Å². The molecule has 0 aromatic heterocycles. The summed E-state index contributed by atoms with van der Waals surface area (Å²) >= 11 is 0. The molecule has 1 amide bonds. The van der Waals surface area contributed by atoms with Gasteiger partial charge in [0.15, 0.2) is 5.78 Å². The van der Waals surface area contributed by atoms with Crippen LogP contribution in [0.3, 0.4) is 0 Å². The summed E-state index contributed by atoms with van der Waals surface area (Å²) in [5, 5.41) is 3.06. The summed E-state index contributed by atoms with van der Waals surface area (Å²) in [7, 11) is 1.63. The molecule has 1 N–H and O–H groups in total. The Balaban J connectivity index is 1.27. The summed E-state index contributed by atoms with van der Waals surface area (Å²) in [5.41, 5.74) is 1.20. The molecule has 1 heterocycles. The molecule has 28 heavy (non-hydrogen) atoms. The Morgan fingerprint density at radius 2 is 2.00 bits per heavy atom. The predicted molar refractivity (Wildman–Crippen MR) is 103 cm³/mol. The van der Waals surface area contributed by atoms with E-state index in [0.717, 1.165) is 24.2 Å². The van der Waals surface area contributed by atoms with Gasteiger partial charge in [-0.1, -0.05) is 24.3 Å². The van der Waals surface area contributed by atoms with E-state index < -0.39 is 5.60 Å². The summed E-state index contributed by atoms with van der Waals surface area (Å²) < 4.78 is 11.5. The molecule has 5 heteroatoms. The number of rotatable bonds is 4. The molecular formula is C23H23NO4. The first kappa shape index (κ1) is 17.3. The predicted octanol–water partition coefficient (Wildman–Crippen LogP) is 3.37. The molecule has 2 aliphatic carbocycles. The molecule has 1 aliphatic heterocycles. The standard InChI is InChI=1S/C23H23NO4/c1-27-15-8-6-14(7-9-15)13-24-22(26)20-17-10-11-23(21(17)20)12-18(25)16-4-2-3-5-19(16)28-23/h2-9,17,20-21H,10-13H2,1H3,(H,24,26)/t17-,20-,21-,23+/m0/s1. The zero-order valence-corrected chi connectivity index (χ0v) is 15.8. The third-order valence-corrected chi connectivity index (χ3v) is 6.57. The summed E-state index contributed by atoms with van der Waals surface area (Å²) in [6.45, 7) is 0.494. The first-order valence-corrected chi connectivity index (χ1v) is 9.83. The number of ketones is 1. The van der Waals surface area contributed by atoms with Crippen molar-refractivity contribution in [3.05, 3.63) is 59.7 Å². The highest BCUT2D eigenvalue weighted by atomic mass is 16.5. The zero-order valence-electron chi connectivity index (χ0n) is 15.8. The van der Waals surface area contributed by atoms with Gasteiger partial charge in [0.05, 0.1) is 19.1 Å². The topological polar surface area (TPSA) is 64.6 Å². The van der Waals surface area contributed by atoms with Gasteiger partial charge in [0.1, 0.15) is 17.1 Å². The number of para-hydroxylation sites is 1. The molecule has 4 atom stereocenters. The Kier molecular flexibility index (Phi) is 3.93. The monoisotopic (exact) mass is 377 g/mol.